The van der Waals surface area contributed by atoms with Gasteiger partial charge in [-0.1, -0.05) is 17.9 Å². The minimum Gasteiger partial charge on any atom is -0.497 e. The number of halogens is 3. The van der Waals surface area contributed by atoms with E-state index in [4.69, 9.17) is 4.74 Å². The van der Waals surface area contributed by atoms with E-state index in [1.807, 2.05) is 5.73 Å². The molecule has 0 atom stereocenters. The van der Waals surface area contributed by atoms with E-state index < -0.39 is 12.3 Å². The number of methoxy groups -OCH3 is 2. The third kappa shape index (κ3) is 6.05. The number of allylic oxidation sites excluding steroid dienone is 1. The van der Waals surface area contributed by atoms with Crippen LogP contribution in [0, 0.1) is 0 Å². The molecular weight excluding hydrogens is 287 g/mol. The maximum absolute atomic E-state index is 12.0. The van der Waals surface area contributed by atoms with E-state index in [0.717, 1.165) is 18.2 Å². The molecule has 0 radical (unpaired) electrons. The van der Waals surface area contributed by atoms with Crippen LogP contribution in [0.15, 0.2) is 42.3 Å². The highest BCUT2D eigenvalue weighted by Gasteiger charge is 2.22. The van der Waals surface area contributed by atoms with Gasteiger partial charge in [-0.05, 0) is 17.7 Å². The van der Waals surface area contributed by atoms with Crippen LogP contribution in [0.2, 0.25) is 0 Å². The Morgan fingerprint density at radius 1 is 1.38 bits per heavy atom. The maximum atomic E-state index is 12.0. The highest BCUT2D eigenvalue weighted by atomic mass is 19.4. The Labute approximate surface area is 120 Å². The normalized spacial score (nSPS) is 10.3. The van der Waals surface area contributed by atoms with Crippen LogP contribution in [0.5, 0.6) is 5.75 Å². The summed E-state index contributed by atoms with van der Waals surface area (Å²) in [5.41, 5.74) is 2.58. The first-order chi connectivity index (χ1) is 9.85. The minimum absolute atomic E-state index is 0.0303. The zero-order chi connectivity index (χ0) is 15.9. The predicted octanol–water partition coefficient (Wildman–Crippen LogP) is 3.49. The van der Waals surface area contributed by atoms with Crippen LogP contribution < -0.4 is 4.74 Å². The molecule has 0 heterocycles. The second kappa shape index (κ2) is 7.40. The average Bonchev–Trinajstić information content (AvgIpc) is 2.44. The fourth-order valence-corrected chi connectivity index (χ4v) is 1.47. The molecule has 1 aromatic carbocycles. The molecule has 0 aliphatic heterocycles. The molecule has 0 saturated heterocycles. The van der Waals surface area contributed by atoms with Crippen molar-refractivity contribution in [3.05, 3.63) is 47.8 Å². The molecule has 0 spiro atoms. The van der Waals surface area contributed by atoms with Crippen molar-refractivity contribution in [3.8, 4) is 5.75 Å². The lowest BCUT2D eigenvalue weighted by Crippen LogP contribution is -2.24. The number of benzene rings is 1. The number of amides is 1. The lowest BCUT2D eigenvalue weighted by Gasteiger charge is -2.16. The minimum atomic E-state index is -4.49. The van der Waals surface area contributed by atoms with Gasteiger partial charge in [-0.2, -0.15) is 13.2 Å². The van der Waals surface area contributed by atoms with Crippen molar-refractivity contribution in [1.29, 1.82) is 0 Å². The summed E-state index contributed by atoms with van der Waals surface area (Å²) in [6.45, 7) is 0.0303. The van der Waals surface area contributed by atoms with Crippen LogP contribution in [0.3, 0.4) is 0 Å². The summed E-state index contributed by atoms with van der Waals surface area (Å²) >= 11 is 0. The molecule has 0 aromatic heterocycles. The molecule has 1 aromatic rings. The molecule has 0 bridgehead atoms. The van der Waals surface area contributed by atoms with Crippen LogP contribution >= 0.6 is 0 Å². The number of carbonyl (C=O) groups is 1. The van der Waals surface area contributed by atoms with Gasteiger partial charge in [0, 0.05) is 0 Å². The zero-order valence-electron chi connectivity index (χ0n) is 11.5. The molecule has 4 nitrogen and oxygen atoms in total. The number of alkyl halides is 3. The van der Waals surface area contributed by atoms with Gasteiger partial charge in [0.05, 0.1) is 33.0 Å². The number of carbonyl (C=O) groups excluding carboxylic acids is 1. The smallest absolute Gasteiger partial charge is 0.416 e. The molecule has 21 heavy (non-hydrogen) atoms. The van der Waals surface area contributed by atoms with Gasteiger partial charge >= 0.3 is 12.3 Å². The van der Waals surface area contributed by atoms with Crippen molar-refractivity contribution in [2.75, 3.05) is 14.2 Å². The van der Waals surface area contributed by atoms with Crippen molar-refractivity contribution < 1.29 is 27.4 Å². The lowest BCUT2D eigenvalue weighted by molar-refractivity contribution is -0.0797. The summed E-state index contributed by atoms with van der Waals surface area (Å²) in [6.07, 6.45) is -4.48. The molecule has 1 rings (SSSR count). The Hall–Kier alpha value is -2.40. The van der Waals surface area contributed by atoms with Gasteiger partial charge in [-0.15, -0.1) is 0 Å². The second-order valence-corrected chi connectivity index (χ2v) is 3.93. The van der Waals surface area contributed by atoms with E-state index in [1.165, 1.54) is 7.11 Å². The average molecular weight is 301 g/mol. The summed E-state index contributed by atoms with van der Waals surface area (Å²) < 4.78 is 45.6. The summed E-state index contributed by atoms with van der Waals surface area (Å²) in [5.74, 6) is 0.576. The van der Waals surface area contributed by atoms with Crippen molar-refractivity contribution in [2.45, 2.75) is 12.7 Å². The highest BCUT2D eigenvalue weighted by molar-refractivity contribution is 5.68. The Morgan fingerprint density at radius 3 is 2.67 bits per heavy atom. The first kappa shape index (κ1) is 16.7. The Morgan fingerprint density at radius 2 is 2.10 bits per heavy atom. The first-order valence-electron chi connectivity index (χ1n) is 5.83. The SMILES string of the molecule is COC(=O)N(C=C=CC(F)(F)F)Cc1cccc(OC)c1. The summed E-state index contributed by atoms with van der Waals surface area (Å²) in [7, 11) is 2.63. The fourth-order valence-electron chi connectivity index (χ4n) is 1.47. The van der Waals surface area contributed by atoms with Gasteiger partial charge in [0.1, 0.15) is 5.75 Å². The summed E-state index contributed by atoms with van der Waals surface area (Å²) in [4.78, 5) is 12.5. The van der Waals surface area contributed by atoms with Gasteiger partial charge < -0.3 is 9.47 Å². The van der Waals surface area contributed by atoms with Gasteiger partial charge in [0.15, 0.2) is 0 Å². The van der Waals surface area contributed by atoms with E-state index in [-0.39, 0.29) is 12.6 Å². The fraction of sp³-hybridized carbons (Fsp3) is 0.286. The molecule has 0 saturated carbocycles. The first-order valence-corrected chi connectivity index (χ1v) is 5.83. The molecule has 7 heteroatoms. The third-order valence-electron chi connectivity index (χ3n) is 2.37. The molecule has 0 fully saturated rings. The number of ether oxygens (including phenoxy) is 2. The molecular formula is C14H14F3NO3. The Bertz CT molecular complexity index is 549. The summed E-state index contributed by atoms with van der Waals surface area (Å²) in [6, 6.07) is 6.79. The number of nitrogens with zero attached hydrogens (tertiary/aromatic N) is 1. The van der Waals surface area contributed by atoms with Crippen molar-refractivity contribution >= 4 is 6.09 Å². The van der Waals surface area contributed by atoms with E-state index in [1.54, 1.807) is 24.3 Å². The Kier molecular flexibility index (Phi) is 5.87. The molecule has 0 aliphatic rings. The number of hydrogen-bond acceptors (Lipinski definition) is 3. The lowest BCUT2D eigenvalue weighted by atomic mass is 10.2. The van der Waals surface area contributed by atoms with E-state index in [2.05, 4.69) is 4.74 Å². The predicted molar refractivity (Wildman–Crippen MR) is 69.7 cm³/mol. The van der Waals surface area contributed by atoms with Gasteiger partial charge in [0.2, 0.25) is 0 Å². The topological polar surface area (TPSA) is 38.8 Å². The van der Waals surface area contributed by atoms with Gasteiger partial charge in [0.25, 0.3) is 0 Å². The Balaban J connectivity index is 2.93. The van der Waals surface area contributed by atoms with Crippen molar-refractivity contribution in [3.63, 3.8) is 0 Å². The second-order valence-electron chi connectivity index (χ2n) is 3.93. The summed E-state index contributed by atoms with van der Waals surface area (Å²) in [5, 5.41) is 0. The van der Waals surface area contributed by atoms with E-state index in [0.29, 0.717) is 11.3 Å². The zero-order valence-corrected chi connectivity index (χ0v) is 11.5. The molecule has 114 valence electrons. The van der Waals surface area contributed by atoms with Crippen molar-refractivity contribution in [2.24, 2.45) is 0 Å². The van der Waals surface area contributed by atoms with Crippen LogP contribution in [0.4, 0.5) is 18.0 Å². The van der Waals surface area contributed by atoms with Crippen LogP contribution in [0.25, 0.3) is 0 Å². The van der Waals surface area contributed by atoms with Crippen LogP contribution in [0.1, 0.15) is 5.56 Å². The molecule has 0 unspecified atom stereocenters. The molecule has 1 amide bonds. The molecule has 0 N–H and O–H groups in total. The standard InChI is InChI=1S/C14H14F3NO3/c1-20-12-6-3-5-11(9-12)10-18(13(19)21-2)8-4-7-14(15,16)17/h3,5-9H,10H2,1-2H3. The quantitative estimate of drug-likeness (QED) is 0.799. The molecule has 0 aliphatic carbocycles. The number of rotatable bonds is 4. The largest absolute Gasteiger partial charge is 0.497 e. The third-order valence-corrected chi connectivity index (χ3v) is 2.37. The van der Waals surface area contributed by atoms with E-state index in [9.17, 15) is 18.0 Å². The maximum Gasteiger partial charge on any atom is 0.416 e. The van der Waals surface area contributed by atoms with E-state index >= 15 is 0 Å². The number of hydrogen-bond donors (Lipinski definition) is 0. The highest BCUT2D eigenvalue weighted by Crippen LogP contribution is 2.16. The van der Waals surface area contributed by atoms with Crippen molar-refractivity contribution in [1.82, 2.24) is 4.90 Å². The van der Waals surface area contributed by atoms with Crippen LogP contribution in [-0.2, 0) is 11.3 Å². The van der Waals surface area contributed by atoms with Gasteiger partial charge in [-0.3, -0.25) is 4.90 Å². The van der Waals surface area contributed by atoms with Crippen LogP contribution in [-0.4, -0.2) is 31.4 Å². The van der Waals surface area contributed by atoms with Gasteiger partial charge in [-0.25, -0.2) is 4.79 Å². The monoisotopic (exact) mass is 301 g/mol.